The van der Waals surface area contributed by atoms with Crippen molar-refractivity contribution in [3.05, 3.63) is 60.9 Å². The van der Waals surface area contributed by atoms with E-state index in [9.17, 15) is 18.0 Å². The fourth-order valence-corrected chi connectivity index (χ4v) is 3.94. The van der Waals surface area contributed by atoms with E-state index in [1.54, 1.807) is 67.8 Å². The van der Waals surface area contributed by atoms with Gasteiger partial charge in [0.2, 0.25) is 5.67 Å². The number of alkyl halides is 3. The summed E-state index contributed by atoms with van der Waals surface area (Å²) < 4.78 is 53.6. The normalized spacial score (nSPS) is 15.2. The number of hydrogen-bond acceptors (Lipinski definition) is 5. The molecule has 5 nitrogen and oxygen atoms in total. The molecule has 0 aliphatic carbocycles. The summed E-state index contributed by atoms with van der Waals surface area (Å²) in [7, 11) is 0. The summed E-state index contributed by atoms with van der Waals surface area (Å²) in [4.78, 5) is 21.2. The van der Waals surface area contributed by atoms with Gasteiger partial charge in [-0.05, 0) is 62.9 Å². The number of para-hydroxylation sites is 1. The Kier molecular flexibility index (Phi) is 10.3. The van der Waals surface area contributed by atoms with Crippen LogP contribution in [-0.4, -0.2) is 40.1 Å². The van der Waals surface area contributed by atoms with E-state index in [4.69, 9.17) is 9.47 Å². The van der Waals surface area contributed by atoms with Crippen molar-refractivity contribution in [2.75, 3.05) is 0 Å². The van der Waals surface area contributed by atoms with Crippen molar-refractivity contribution in [1.29, 1.82) is 0 Å². The lowest BCUT2D eigenvalue weighted by Crippen LogP contribution is -2.34. The second-order valence-electron chi connectivity index (χ2n) is 9.55. The van der Waals surface area contributed by atoms with E-state index in [2.05, 4.69) is 9.97 Å². The first-order chi connectivity index (χ1) is 18.2. The number of esters is 1. The highest BCUT2D eigenvalue weighted by molar-refractivity contribution is 5.81. The van der Waals surface area contributed by atoms with E-state index in [1.165, 1.54) is 13.8 Å². The number of carbonyl (C=O) groups is 1. The Hall–Kier alpha value is -3.42. The average Bonchev–Trinajstić information content (AvgIpc) is 2.92. The van der Waals surface area contributed by atoms with Crippen LogP contribution < -0.4 is 9.47 Å². The Labute approximate surface area is 222 Å². The molecule has 4 atom stereocenters. The van der Waals surface area contributed by atoms with Crippen molar-refractivity contribution < 1.29 is 27.4 Å². The first kappa shape index (κ1) is 29.1. The van der Waals surface area contributed by atoms with Gasteiger partial charge in [0.25, 0.3) is 0 Å². The topological polar surface area (TPSA) is 61.3 Å². The fraction of sp³-hybridized carbons (Fsp3) is 0.433. The lowest BCUT2D eigenvalue weighted by molar-refractivity contribution is -0.147. The lowest BCUT2D eigenvalue weighted by Gasteiger charge is -2.23. The molecule has 0 radical (unpaired) electrons. The van der Waals surface area contributed by atoms with Crippen molar-refractivity contribution in [2.45, 2.75) is 83.9 Å². The van der Waals surface area contributed by atoms with Gasteiger partial charge in [0, 0.05) is 18.0 Å². The highest BCUT2D eigenvalue weighted by Gasteiger charge is 2.34. The molecule has 0 amide bonds. The predicted octanol–water partition coefficient (Wildman–Crippen LogP) is 7.88. The molecule has 1 heterocycles. The maximum Gasteiger partial charge on any atom is 0.348 e. The fourth-order valence-electron chi connectivity index (χ4n) is 3.94. The molecular weight excluding hydrogens is 493 g/mol. The molecule has 38 heavy (non-hydrogen) atoms. The molecule has 204 valence electrons. The van der Waals surface area contributed by atoms with Gasteiger partial charge in [-0.25, -0.2) is 27.9 Å². The zero-order chi connectivity index (χ0) is 27.7. The molecule has 0 spiro atoms. The predicted molar refractivity (Wildman–Crippen MR) is 142 cm³/mol. The number of nitrogens with zero attached hydrogens (tertiary/aromatic N) is 2. The number of aromatic nitrogens is 2. The number of carbonyl (C=O) groups excluding carboxylic acids is 1. The number of rotatable bonds is 13. The molecule has 0 saturated carbocycles. The Morgan fingerprint density at radius 2 is 1.63 bits per heavy atom. The molecule has 2 aromatic carbocycles. The lowest BCUT2D eigenvalue weighted by atomic mass is 10.0. The van der Waals surface area contributed by atoms with Crippen molar-refractivity contribution in [3.8, 4) is 34.0 Å². The number of halogens is 3. The average molecular weight is 529 g/mol. The minimum atomic E-state index is -2.04. The number of benzene rings is 2. The SMILES string of the molecule is CCCCCC(C)(F)C(=O)Oc1ccc(-c2cnc(-c3ccccc3OC(CC)C(F)C(C)F)nc2)cc1. The monoisotopic (exact) mass is 528 g/mol. The van der Waals surface area contributed by atoms with Crippen LogP contribution in [0.15, 0.2) is 60.9 Å². The maximum absolute atomic E-state index is 14.7. The summed E-state index contributed by atoms with van der Waals surface area (Å²) in [6.45, 7) is 6.18. The van der Waals surface area contributed by atoms with Crippen LogP contribution in [0.2, 0.25) is 0 Å². The first-order valence-corrected chi connectivity index (χ1v) is 13.0. The Bertz CT molecular complexity index is 1170. The van der Waals surface area contributed by atoms with Crippen LogP contribution in [0.25, 0.3) is 22.5 Å². The summed E-state index contributed by atoms with van der Waals surface area (Å²) in [6, 6.07) is 13.6. The second-order valence-corrected chi connectivity index (χ2v) is 9.55. The summed E-state index contributed by atoms with van der Waals surface area (Å²) in [5.74, 6) is 0.0937. The van der Waals surface area contributed by atoms with Crippen LogP contribution in [0.4, 0.5) is 13.2 Å². The quantitative estimate of drug-likeness (QED) is 0.128. The number of hydrogen-bond donors (Lipinski definition) is 0. The molecular formula is C30H35F3N2O3. The van der Waals surface area contributed by atoms with Crippen LogP contribution in [-0.2, 0) is 4.79 Å². The second kappa shape index (κ2) is 13.4. The molecule has 0 bridgehead atoms. The zero-order valence-corrected chi connectivity index (χ0v) is 22.3. The number of ether oxygens (including phenoxy) is 2. The van der Waals surface area contributed by atoms with E-state index in [0.29, 0.717) is 35.5 Å². The molecule has 8 heteroatoms. The largest absolute Gasteiger partial charge is 0.487 e. The molecule has 1 aromatic heterocycles. The van der Waals surface area contributed by atoms with Gasteiger partial charge in [0.15, 0.2) is 12.0 Å². The van der Waals surface area contributed by atoms with Crippen molar-refractivity contribution in [2.24, 2.45) is 0 Å². The Morgan fingerprint density at radius 3 is 2.24 bits per heavy atom. The summed E-state index contributed by atoms with van der Waals surface area (Å²) in [6.07, 6.45) is 1.77. The summed E-state index contributed by atoms with van der Waals surface area (Å²) >= 11 is 0. The van der Waals surface area contributed by atoms with Gasteiger partial charge in [-0.1, -0.05) is 51.0 Å². The van der Waals surface area contributed by atoms with Crippen LogP contribution >= 0.6 is 0 Å². The van der Waals surface area contributed by atoms with Crippen molar-refractivity contribution in [3.63, 3.8) is 0 Å². The van der Waals surface area contributed by atoms with Gasteiger partial charge >= 0.3 is 5.97 Å². The molecule has 3 aromatic rings. The number of unbranched alkanes of at least 4 members (excludes halogenated alkanes) is 2. The van der Waals surface area contributed by atoms with E-state index >= 15 is 0 Å². The molecule has 0 aliphatic heterocycles. The van der Waals surface area contributed by atoms with E-state index < -0.39 is 30.1 Å². The van der Waals surface area contributed by atoms with Crippen LogP contribution in [0.5, 0.6) is 11.5 Å². The minimum absolute atomic E-state index is 0.123. The standard InChI is InChI=1S/C30H35F3N2O3/c1-5-7-10-17-30(4,33)29(36)37-23-15-13-21(14-16-23)22-18-34-28(35-19-22)24-11-8-9-12-26(24)38-25(6-2)27(32)20(3)31/h8-9,11-16,18-20,25,27H,5-7,10,17H2,1-4H3. The van der Waals surface area contributed by atoms with Gasteiger partial charge < -0.3 is 9.47 Å². The third-order valence-corrected chi connectivity index (χ3v) is 6.33. The van der Waals surface area contributed by atoms with Crippen molar-refractivity contribution >= 4 is 5.97 Å². The highest BCUT2D eigenvalue weighted by atomic mass is 19.2. The molecule has 0 aliphatic rings. The molecule has 4 unspecified atom stereocenters. The molecule has 0 N–H and O–H groups in total. The Morgan fingerprint density at radius 1 is 0.974 bits per heavy atom. The molecule has 0 fully saturated rings. The van der Waals surface area contributed by atoms with Gasteiger partial charge in [-0.2, -0.15) is 0 Å². The Balaban J connectivity index is 1.71. The highest BCUT2D eigenvalue weighted by Crippen LogP contribution is 2.31. The smallest absolute Gasteiger partial charge is 0.348 e. The van der Waals surface area contributed by atoms with Gasteiger partial charge in [-0.3, -0.25) is 0 Å². The van der Waals surface area contributed by atoms with Crippen molar-refractivity contribution in [1.82, 2.24) is 9.97 Å². The van der Waals surface area contributed by atoms with Gasteiger partial charge in [0.05, 0.1) is 5.56 Å². The maximum atomic E-state index is 14.7. The molecule has 0 saturated heterocycles. The van der Waals surface area contributed by atoms with E-state index in [1.807, 2.05) is 6.92 Å². The van der Waals surface area contributed by atoms with Crippen LogP contribution in [0, 0.1) is 0 Å². The van der Waals surface area contributed by atoms with Gasteiger partial charge in [0.1, 0.15) is 23.8 Å². The van der Waals surface area contributed by atoms with E-state index in [0.717, 1.165) is 18.4 Å². The minimum Gasteiger partial charge on any atom is -0.487 e. The van der Waals surface area contributed by atoms with Crippen LogP contribution in [0.1, 0.15) is 59.8 Å². The molecule has 3 rings (SSSR count). The van der Waals surface area contributed by atoms with Crippen LogP contribution in [0.3, 0.4) is 0 Å². The third kappa shape index (κ3) is 7.55. The third-order valence-electron chi connectivity index (χ3n) is 6.33. The van der Waals surface area contributed by atoms with Gasteiger partial charge in [-0.15, -0.1) is 0 Å². The van der Waals surface area contributed by atoms with E-state index in [-0.39, 0.29) is 12.2 Å². The summed E-state index contributed by atoms with van der Waals surface area (Å²) in [5, 5.41) is 0. The zero-order valence-electron chi connectivity index (χ0n) is 22.3. The first-order valence-electron chi connectivity index (χ1n) is 13.0. The summed E-state index contributed by atoms with van der Waals surface area (Å²) in [5.41, 5.74) is 0.00683.